The van der Waals surface area contributed by atoms with E-state index in [0.717, 1.165) is 22.3 Å². The third-order valence-electron chi connectivity index (χ3n) is 6.54. The minimum absolute atomic E-state index is 0.0436. The highest BCUT2D eigenvalue weighted by Crippen LogP contribution is 2.44. The lowest BCUT2D eigenvalue weighted by Gasteiger charge is -2.26. The molecule has 4 rings (SSSR count). The molecular weight excluding hydrogens is 434 g/mol. The summed E-state index contributed by atoms with van der Waals surface area (Å²) in [6, 6.07) is 15.5. The Morgan fingerprint density at radius 3 is 2.29 bits per heavy atom. The van der Waals surface area contributed by atoms with Crippen LogP contribution in [0, 0.1) is 5.92 Å². The van der Waals surface area contributed by atoms with Crippen LogP contribution in [-0.4, -0.2) is 79.3 Å². The van der Waals surface area contributed by atoms with Gasteiger partial charge >= 0.3 is 12.1 Å². The molecule has 2 unspecified atom stereocenters. The number of rotatable bonds is 8. The van der Waals surface area contributed by atoms with E-state index in [2.05, 4.69) is 29.6 Å². The van der Waals surface area contributed by atoms with Gasteiger partial charge in [0.05, 0.1) is 0 Å². The Morgan fingerprint density at radius 2 is 1.71 bits per heavy atom. The fourth-order valence-electron chi connectivity index (χ4n) is 5.00. The van der Waals surface area contributed by atoms with Crippen molar-refractivity contribution in [1.29, 1.82) is 0 Å². The van der Waals surface area contributed by atoms with Crippen molar-refractivity contribution in [3.8, 4) is 11.1 Å². The van der Waals surface area contributed by atoms with E-state index in [1.54, 1.807) is 4.90 Å². The van der Waals surface area contributed by atoms with Gasteiger partial charge in [-0.1, -0.05) is 48.5 Å². The highest BCUT2D eigenvalue weighted by molar-refractivity contribution is 5.86. The van der Waals surface area contributed by atoms with Gasteiger partial charge in [-0.05, 0) is 48.7 Å². The number of likely N-dealkylation sites (N-methyl/N-ethyl adjacent to an activating group) is 1. The minimum atomic E-state index is -0.860. The molecule has 2 amide bonds. The molecule has 1 heterocycles. The van der Waals surface area contributed by atoms with Crippen LogP contribution in [-0.2, 0) is 14.3 Å². The molecule has 1 fully saturated rings. The fraction of sp³-hybridized carbons (Fsp3) is 0.423. The summed E-state index contributed by atoms with van der Waals surface area (Å²) in [5.41, 5.74) is 4.55. The molecule has 2 aromatic rings. The standard InChI is InChI=1S/C26H31N3O5/c1-28(2)15-23(25(32)29-12-11-17(14-29)13-24(30)31)27-26(33)34-16-22-20-9-5-3-7-18(20)19-8-4-6-10-21(19)22/h3-10,17,22-23H,11-16H2,1-2H3,(H,27,33)(H,30,31). The van der Waals surface area contributed by atoms with Crippen LogP contribution in [0.25, 0.3) is 11.1 Å². The summed E-state index contributed by atoms with van der Waals surface area (Å²) in [7, 11) is 3.66. The molecule has 2 aliphatic rings. The summed E-state index contributed by atoms with van der Waals surface area (Å²) in [5.74, 6) is -1.19. The van der Waals surface area contributed by atoms with E-state index in [1.165, 1.54) is 0 Å². The van der Waals surface area contributed by atoms with E-state index in [4.69, 9.17) is 9.84 Å². The number of nitrogens with one attached hydrogen (secondary N) is 1. The Labute approximate surface area is 199 Å². The average Bonchev–Trinajstić information content (AvgIpc) is 3.38. The van der Waals surface area contributed by atoms with Gasteiger partial charge in [0.2, 0.25) is 5.91 Å². The number of carbonyl (C=O) groups is 3. The maximum Gasteiger partial charge on any atom is 0.407 e. The Balaban J connectivity index is 1.39. The second-order valence-corrected chi connectivity index (χ2v) is 9.32. The first-order valence-corrected chi connectivity index (χ1v) is 11.6. The van der Waals surface area contributed by atoms with Crippen molar-refractivity contribution in [3.05, 3.63) is 59.7 Å². The van der Waals surface area contributed by atoms with E-state index >= 15 is 0 Å². The van der Waals surface area contributed by atoms with Gasteiger partial charge in [-0.2, -0.15) is 0 Å². The Hall–Kier alpha value is -3.39. The predicted octanol–water partition coefficient (Wildman–Crippen LogP) is 2.78. The number of hydrogen-bond donors (Lipinski definition) is 2. The van der Waals surface area contributed by atoms with E-state index in [9.17, 15) is 14.4 Å². The number of amides is 2. The number of carboxylic acids is 1. The molecule has 0 aromatic heterocycles. The fourth-order valence-corrected chi connectivity index (χ4v) is 5.00. The Kier molecular flexibility index (Phi) is 7.17. The van der Waals surface area contributed by atoms with Crippen LogP contribution in [0.15, 0.2) is 48.5 Å². The van der Waals surface area contributed by atoms with Crippen LogP contribution < -0.4 is 5.32 Å². The number of likely N-dealkylation sites (tertiary alicyclic amines) is 1. The van der Waals surface area contributed by atoms with Gasteiger partial charge < -0.3 is 25.0 Å². The molecule has 0 radical (unpaired) electrons. The highest BCUT2D eigenvalue weighted by Gasteiger charge is 2.34. The zero-order valence-corrected chi connectivity index (χ0v) is 19.6. The summed E-state index contributed by atoms with van der Waals surface area (Å²) in [6.45, 7) is 1.38. The summed E-state index contributed by atoms with van der Waals surface area (Å²) in [5, 5.41) is 11.8. The molecule has 8 nitrogen and oxygen atoms in total. The number of carboxylic acid groups (broad SMARTS) is 1. The minimum Gasteiger partial charge on any atom is -0.481 e. The Morgan fingerprint density at radius 1 is 1.09 bits per heavy atom. The lowest BCUT2D eigenvalue weighted by molar-refractivity contribution is -0.138. The second kappa shape index (κ2) is 10.3. The van der Waals surface area contributed by atoms with Gasteiger partial charge in [-0.15, -0.1) is 0 Å². The van der Waals surface area contributed by atoms with Gasteiger partial charge in [-0.3, -0.25) is 9.59 Å². The average molecular weight is 466 g/mol. The zero-order chi connectivity index (χ0) is 24.2. The van der Waals surface area contributed by atoms with Crippen LogP contribution in [0.1, 0.15) is 29.9 Å². The van der Waals surface area contributed by atoms with Gasteiger partial charge in [-0.25, -0.2) is 4.79 Å². The van der Waals surface area contributed by atoms with Crippen molar-refractivity contribution >= 4 is 18.0 Å². The molecule has 34 heavy (non-hydrogen) atoms. The largest absolute Gasteiger partial charge is 0.481 e. The van der Waals surface area contributed by atoms with Crippen LogP contribution >= 0.6 is 0 Å². The van der Waals surface area contributed by atoms with Crippen LogP contribution in [0.2, 0.25) is 0 Å². The number of carbonyl (C=O) groups excluding carboxylic acids is 2. The van der Waals surface area contributed by atoms with Crippen LogP contribution in [0.5, 0.6) is 0 Å². The summed E-state index contributed by atoms with van der Waals surface area (Å²) >= 11 is 0. The van der Waals surface area contributed by atoms with Crippen LogP contribution in [0.4, 0.5) is 4.79 Å². The van der Waals surface area contributed by atoms with E-state index in [1.807, 2.05) is 43.3 Å². The highest BCUT2D eigenvalue weighted by atomic mass is 16.5. The predicted molar refractivity (Wildman–Crippen MR) is 127 cm³/mol. The molecule has 0 saturated carbocycles. The first-order chi connectivity index (χ1) is 16.3. The van der Waals surface area contributed by atoms with Crippen LogP contribution in [0.3, 0.4) is 0 Å². The summed E-state index contributed by atoms with van der Waals surface area (Å²) in [6.07, 6.45) is 0.0583. The topological polar surface area (TPSA) is 99.2 Å². The third-order valence-corrected chi connectivity index (χ3v) is 6.54. The van der Waals surface area contributed by atoms with Crippen molar-refractivity contribution in [2.45, 2.75) is 24.8 Å². The number of nitrogens with zero attached hydrogens (tertiary/aromatic N) is 2. The molecule has 1 saturated heterocycles. The molecule has 180 valence electrons. The van der Waals surface area contributed by atoms with Crippen molar-refractivity contribution < 1.29 is 24.2 Å². The quantitative estimate of drug-likeness (QED) is 0.622. The zero-order valence-electron chi connectivity index (χ0n) is 19.6. The first kappa shape index (κ1) is 23.8. The van der Waals surface area contributed by atoms with E-state index in [0.29, 0.717) is 26.1 Å². The second-order valence-electron chi connectivity index (χ2n) is 9.32. The van der Waals surface area contributed by atoms with E-state index < -0.39 is 18.1 Å². The van der Waals surface area contributed by atoms with Crippen molar-refractivity contribution in [1.82, 2.24) is 15.1 Å². The molecular formula is C26H31N3O5. The lowest BCUT2D eigenvalue weighted by Crippen LogP contribution is -2.52. The van der Waals surface area contributed by atoms with Gasteiger partial charge in [0.15, 0.2) is 0 Å². The summed E-state index contributed by atoms with van der Waals surface area (Å²) < 4.78 is 5.62. The lowest BCUT2D eigenvalue weighted by atomic mass is 9.98. The molecule has 2 N–H and O–H groups in total. The number of alkyl carbamates (subject to hydrolysis) is 1. The first-order valence-electron chi connectivity index (χ1n) is 11.6. The smallest absolute Gasteiger partial charge is 0.407 e. The molecule has 2 aromatic carbocycles. The molecule has 1 aliphatic heterocycles. The molecule has 0 spiro atoms. The summed E-state index contributed by atoms with van der Waals surface area (Å²) in [4.78, 5) is 40.3. The number of aliphatic carboxylic acids is 1. The SMILES string of the molecule is CN(C)CC(NC(=O)OCC1c2ccccc2-c2ccccc21)C(=O)N1CCC(CC(=O)O)C1. The van der Waals surface area contributed by atoms with E-state index in [-0.39, 0.29) is 30.8 Å². The third kappa shape index (κ3) is 5.22. The number of ether oxygens (including phenoxy) is 1. The molecule has 0 bridgehead atoms. The number of benzene rings is 2. The van der Waals surface area contributed by atoms with Crippen molar-refractivity contribution in [2.24, 2.45) is 5.92 Å². The molecule has 8 heteroatoms. The van der Waals surface area contributed by atoms with Crippen molar-refractivity contribution in [2.75, 3.05) is 40.3 Å². The maximum absolute atomic E-state index is 13.1. The normalized spacial score (nSPS) is 17.9. The monoisotopic (exact) mass is 465 g/mol. The van der Waals surface area contributed by atoms with Crippen molar-refractivity contribution in [3.63, 3.8) is 0 Å². The maximum atomic E-state index is 13.1. The Bertz CT molecular complexity index is 1020. The molecule has 1 aliphatic carbocycles. The number of hydrogen-bond acceptors (Lipinski definition) is 5. The molecule has 2 atom stereocenters. The van der Waals surface area contributed by atoms with Gasteiger partial charge in [0.1, 0.15) is 12.6 Å². The van der Waals surface area contributed by atoms with Gasteiger partial charge in [0, 0.05) is 32.0 Å². The van der Waals surface area contributed by atoms with Gasteiger partial charge in [0.25, 0.3) is 0 Å². The number of fused-ring (bicyclic) bond motifs is 3.